The minimum absolute atomic E-state index is 0.349. The third kappa shape index (κ3) is 3.15. The van der Waals surface area contributed by atoms with Crippen LogP contribution in [0.4, 0.5) is 0 Å². The number of ether oxygens (including phenoxy) is 2. The third-order valence-corrected chi connectivity index (χ3v) is 7.29. The van der Waals surface area contributed by atoms with Crippen LogP contribution in [-0.2, 0) is 6.54 Å². The molecule has 4 aromatic rings. The molecule has 146 valence electrons. The van der Waals surface area contributed by atoms with E-state index in [1.807, 2.05) is 41.0 Å². The van der Waals surface area contributed by atoms with Crippen LogP contribution < -0.4 is 14.3 Å². The lowest BCUT2D eigenvalue weighted by atomic mass is 10.2. The lowest BCUT2D eigenvalue weighted by Gasteiger charge is -2.18. The van der Waals surface area contributed by atoms with Gasteiger partial charge in [-0.25, -0.2) is 0 Å². The van der Waals surface area contributed by atoms with E-state index in [2.05, 4.69) is 11.6 Å². The molecule has 0 unspecified atom stereocenters. The van der Waals surface area contributed by atoms with Crippen LogP contribution in [0.15, 0.2) is 54.0 Å². The fourth-order valence-electron chi connectivity index (χ4n) is 3.29. The average Bonchev–Trinajstić information content (AvgIpc) is 3.24. The van der Waals surface area contributed by atoms with Crippen molar-refractivity contribution in [2.75, 3.05) is 13.2 Å². The molecule has 2 aromatic heterocycles. The van der Waals surface area contributed by atoms with E-state index < -0.39 is 0 Å². The number of halogens is 1. The highest BCUT2D eigenvalue weighted by Crippen LogP contribution is 2.37. The van der Waals surface area contributed by atoms with Crippen molar-refractivity contribution in [1.82, 2.24) is 4.57 Å². The van der Waals surface area contributed by atoms with Crippen molar-refractivity contribution < 1.29 is 14.3 Å². The molecule has 5 nitrogen and oxygen atoms in total. The quantitative estimate of drug-likeness (QED) is 0.406. The summed E-state index contributed by atoms with van der Waals surface area (Å²) in [5, 5.41) is 1.32. The molecule has 1 aliphatic rings. The lowest BCUT2D eigenvalue weighted by molar-refractivity contribution is 0.100. The molecule has 1 amide bonds. The van der Waals surface area contributed by atoms with Gasteiger partial charge in [0.25, 0.3) is 5.91 Å². The molecule has 3 heterocycles. The first kappa shape index (κ1) is 18.4. The Balaban J connectivity index is 1.67. The summed E-state index contributed by atoms with van der Waals surface area (Å²) in [6.45, 7) is 5.40. The number of hydrogen-bond donors (Lipinski definition) is 0. The molecule has 8 heteroatoms. The molecule has 0 aliphatic carbocycles. The molecule has 2 aromatic carbocycles. The number of rotatable bonds is 3. The first-order chi connectivity index (χ1) is 14.2. The number of amides is 1. The van der Waals surface area contributed by atoms with E-state index in [0.717, 1.165) is 20.3 Å². The molecule has 0 spiro atoms. The molecule has 0 N–H and O–H groups in total. The number of thiophene rings is 1. The third-order valence-electron chi connectivity index (χ3n) is 4.58. The van der Waals surface area contributed by atoms with Gasteiger partial charge in [-0.1, -0.05) is 47.2 Å². The first-order valence-corrected chi connectivity index (χ1v) is 11.0. The van der Waals surface area contributed by atoms with Crippen LogP contribution in [0.3, 0.4) is 0 Å². The molecule has 0 fully saturated rings. The summed E-state index contributed by atoms with van der Waals surface area (Å²) in [4.78, 5) is 18.4. The fourth-order valence-corrected chi connectivity index (χ4v) is 5.73. The van der Waals surface area contributed by atoms with Gasteiger partial charge in [-0.15, -0.1) is 17.9 Å². The highest BCUT2D eigenvalue weighted by atomic mass is 35.5. The van der Waals surface area contributed by atoms with Gasteiger partial charge in [0.1, 0.15) is 18.1 Å². The number of carbonyl (C=O) groups excluding carboxylic acids is 1. The Labute approximate surface area is 179 Å². The predicted octanol–water partition coefficient (Wildman–Crippen LogP) is 5.27. The first-order valence-electron chi connectivity index (χ1n) is 8.95. The number of allylic oxidation sites excluding steroid dienone is 1. The van der Waals surface area contributed by atoms with E-state index in [4.69, 9.17) is 21.1 Å². The maximum absolute atomic E-state index is 13.0. The Bertz CT molecular complexity index is 1350. The molecule has 29 heavy (non-hydrogen) atoms. The van der Waals surface area contributed by atoms with Crippen molar-refractivity contribution in [3.63, 3.8) is 0 Å². The van der Waals surface area contributed by atoms with Crippen molar-refractivity contribution in [3.8, 4) is 11.5 Å². The molecule has 1 aliphatic heterocycles. The number of hydrogen-bond acceptors (Lipinski definition) is 5. The summed E-state index contributed by atoms with van der Waals surface area (Å²) in [6, 6.07) is 11.6. The van der Waals surface area contributed by atoms with Gasteiger partial charge in [0, 0.05) is 28.8 Å². The SMILES string of the molecule is C=CCn1c(=NC(=O)c2sc3ccccc3c2Cl)sc2cc3c(cc21)OCCO3. The van der Waals surface area contributed by atoms with Gasteiger partial charge in [-0.3, -0.25) is 4.79 Å². The number of carbonyl (C=O) groups is 1. The van der Waals surface area contributed by atoms with Gasteiger partial charge in [0.05, 0.1) is 15.2 Å². The predicted molar refractivity (Wildman–Crippen MR) is 118 cm³/mol. The zero-order valence-corrected chi connectivity index (χ0v) is 17.6. The highest BCUT2D eigenvalue weighted by molar-refractivity contribution is 7.21. The summed E-state index contributed by atoms with van der Waals surface area (Å²) in [5.74, 6) is 1.06. The molecule has 0 saturated carbocycles. The Hall–Kier alpha value is -2.61. The van der Waals surface area contributed by atoms with E-state index in [1.165, 1.54) is 22.7 Å². The second-order valence-corrected chi connectivity index (χ2v) is 8.85. The van der Waals surface area contributed by atoms with Crippen molar-refractivity contribution in [2.24, 2.45) is 4.99 Å². The molecule has 0 saturated heterocycles. The van der Waals surface area contributed by atoms with Gasteiger partial charge in [-0.2, -0.15) is 4.99 Å². The Morgan fingerprint density at radius 1 is 1.17 bits per heavy atom. The number of fused-ring (bicyclic) bond motifs is 3. The summed E-state index contributed by atoms with van der Waals surface area (Å²) >= 11 is 9.24. The fraction of sp³-hybridized carbons (Fsp3) is 0.143. The number of benzene rings is 2. The molecule has 0 bridgehead atoms. The lowest BCUT2D eigenvalue weighted by Crippen LogP contribution is -2.17. The van der Waals surface area contributed by atoms with Crippen LogP contribution in [0.5, 0.6) is 11.5 Å². The van der Waals surface area contributed by atoms with Gasteiger partial charge >= 0.3 is 0 Å². The van der Waals surface area contributed by atoms with E-state index >= 15 is 0 Å². The molecular formula is C21H15ClN2O3S2. The number of nitrogens with zero attached hydrogens (tertiary/aromatic N) is 2. The largest absolute Gasteiger partial charge is 0.486 e. The van der Waals surface area contributed by atoms with E-state index in [0.29, 0.717) is 46.0 Å². The smallest absolute Gasteiger partial charge is 0.291 e. The summed E-state index contributed by atoms with van der Waals surface area (Å²) in [5.41, 5.74) is 0.924. The van der Waals surface area contributed by atoms with Gasteiger partial charge in [0.15, 0.2) is 16.3 Å². The summed E-state index contributed by atoms with van der Waals surface area (Å²) in [6.07, 6.45) is 1.78. The van der Waals surface area contributed by atoms with Crippen molar-refractivity contribution in [3.05, 3.63) is 63.8 Å². The van der Waals surface area contributed by atoms with Crippen molar-refractivity contribution in [2.45, 2.75) is 6.54 Å². The monoisotopic (exact) mass is 442 g/mol. The molecule has 5 rings (SSSR count). The Morgan fingerprint density at radius 2 is 1.93 bits per heavy atom. The maximum atomic E-state index is 13.0. The van der Waals surface area contributed by atoms with Crippen LogP contribution in [0.25, 0.3) is 20.3 Å². The minimum atomic E-state index is -0.349. The van der Waals surface area contributed by atoms with Crippen LogP contribution in [0.1, 0.15) is 9.67 Å². The van der Waals surface area contributed by atoms with E-state index in [9.17, 15) is 4.79 Å². The topological polar surface area (TPSA) is 52.8 Å². The van der Waals surface area contributed by atoms with Crippen LogP contribution in [0.2, 0.25) is 5.02 Å². The minimum Gasteiger partial charge on any atom is -0.486 e. The second-order valence-electron chi connectivity index (χ2n) is 6.41. The molecule has 0 atom stereocenters. The summed E-state index contributed by atoms with van der Waals surface area (Å²) < 4.78 is 15.3. The van der Waals surface area contributed by atoms with Gasteiger partial charge in [-0.05, 0) is 6.07 Å². The van der Waals surface area contributed by atoms with E-state index in [1.54, 1.807) is 6.08 Å². The van der Waals surface area contributed by atoms with Crippen LogP contribution in [0, 0.1) is 0 Å². The number of aromatic nitrogens is 1. The Morgan fingerprint density at radius 3 is 2.69 bits per heavy atom. The Kier molecular flexibility index (Phi) is 4.66. The normalized spacial score (nSPS) is 13.9. The van der Waals surface area contributed by atoms with Crippen molar-refractivity contribution in [1.29, 1.82) is 0 Å². The van der Waals surface area contributed by atoms with Crippen molar-refractivity contribution >= 4 is 60.5 Å². The maximum Gasteiger partial charge on any atom is 0.291 e. The zero-order valence-electron chi connectivity index (χ0n) is 15.2. The van der Waals surface area contributed by atoms with Gasteiger partial charge in [0.2, 0.25) is 0 Å². The zero-order chi connectivity index (χ0) is 20.0. The van der Waals surface area contributed by atoms with Crippen LogP contribution >= 0.6 is 34.3 Å². The highest BCUT2D eigenvalue weighted by Gasteiger charge is 2.19. The molecule has 0 radical (unpaired) electrons. The van der Waals surface area contributed by atoms with Crippen LogP contribution in [-0.4, -0.2) is 23.7 Å². The number of thiazole rings is 1. The molecular weight excluding hydrogens is 428 g/mol. The van der Waals surface area contributed by atoms with E-state index in [-0.39, 0.29) is 5.91 Å². The summed E-state index contributed by atoms with van der Waals surface area (Å²) in [7, 11) is 0. The standard InChI is InChI=1S/C21H15ClN2O3S2/c1-2-7-24-13-10-14-15(27-9-8-26-14)11-17(13)29-21(24)23-20(25)19-18(22)12-5-3-4-6-16(12)28-19/h2-6,10-11H,1,7-9H2. The van der Waals surface area contributed by atoms with Gasteiger partial charge < -0.3 is 14.0 Å². The second kappa shape index (κ2) is 7.33. The average molecular weight is 443 g/mol.